The topological polar surface area (TPSA) is 65.2 Å². The summed E-state index contributed by atoms with van der Waals surface area (Å²) in [7, 11) is 0. The van der Waals surface area contributed by atoms with Crippen molar-refractivity contribution < 1.29 is 9.59 Å². The van der Waals surface area contributed by atoms with Crippen LogP contribution in [0.15, 0.2) is 48.5 Å². The number of fused-ring (bicyclic) bond motifs is 5. The highest BCUT2D eigenvalue weighted by atomic mass is 16.2. The number of nitrogens with zero attached hydrogens (tertiary/aromatic N) is 1. The fraction of sp³-hybridized carbons (Fsp3) is 0.385. The molecule has 3 aromatic rings. The average Bonchev–Trinajstić information content (AvgIpc) is 3.13. The number of rotatable bonds is 4. The van der Waals surface area contributed by atoms with Crippen LogP contribution >= 0.6 is 0 Å². The average molecular weight is 416 g/mol. The summed E-state index contributed by atoms with van der Waals surface area (Å²) in [6.45, 7) is 2.58. The van der Waals surface area contributed by atoms with Gasteiger partial charge in [0, 0.05) is 34.6 Å². The Hall–Kier alpha value is -3.08. The number of hydrogen-bond acceptors (Lipinski definition) is 2. The van der Waals surface area contributed by atoms with Crippen molar-refractivity contribution in [2.45, 2.75) is 57.5 Å². The Balaban J connectivity index is 1.69. The first-order valence-electron chi connectivity index (χ1n) is 11.5. The second-order valence-corrected chi connectivity index (χ2v) is 8.75. The van der Waals surface area contributed by atoms with Crippen molar-refractivity contribution in [1.29, 1.82) is 0 Å². The maximum absolute atomic E-state index is 13.7. The molecule has 0 radical (unpaired) electrons. The highest BCUT2D eigenvalue weighted by Crippen LogP contribution is 2.42. The third kappa shape index (κ3) is 3.42. The summed E-state index contributed by atoms with van der Waals surface area (Å²) in [4.78, 5) is 32.7. The van der Waals surface area contributed by atoms with Gasteiger partial charge in [-0.1, -0.05) is 62.6 Å². The van der Waals surface area contributed by atoms with Crippen LogP contribution < -0.4 is 5.32 Å². The third-order valence-corrected chi connectivity index (χ3v) is 6.67. The number of aromatic amines is 1. The molecule has 2 N–H and O–H groups in total. The molecule has 1 aliphatic heterocycles. The summed E-state index contributed by atoms with van der Waals surface area (Å²) >= 11 is 0. The Morgan fingerprint density at radius 3 is 2.52 bits per heavy atom. The maximum atomic E-state index is 13.7. The molecule has 5 rings (SSSR count). The number of amides is 2. The third-order valence-electron chi connectivity index (χ3n) is 6.67. The van der Waals surface area contributed by atoms with Crippen molar-refractivity contribution in [1.82, 2.24) is 15.2 Å². The Bertz CT molecular complexity index is 1130. The molecule has 1 unspecified atom stereocenters. The Morgan fingerprint density at radius 2 is 1.74 bits per heavy atom. The summed E-state index contributed by atoms with van der Waals surface area (Å²) in [5, 5.41) is 4.33. The number of nitrogens with one attached hydrogen (secondary N) is 2. The molecule has 31 heavy (non-hydrogen) atoms. The molecule has 5 nitrogen and oxygen atoms in total. The molecule has 2 heterocycles. The van der Waals surface area contributed by atoms with E-state index < -0.39 is 6.04 Å². The minimum Gasteiger partial charge on any atom is -0.356 e. The van der Waals surface area contributed by atoms with Crippen molar-refractivity contribution in [3.05, 3.63) is 59.8 Å². The SMILES string of the molecule is CCCN1C(=O)c2ccccc2-c2c([nH]c3ccccc23)C1C(=O)NC1CCCCC1. The quantitative estimate of drug-likeness (QED) is 0.616. The van der Waals surface area contributed by atoms with Crippen LogP contribution in [0.3, 0.4) is 0 Å². The fourth-order valence-electron chi connectivity index (χ4n) is 5.24. The first kappa shape index (κ1) is 19.9. The van der Waals surface area contributed by atoms with Crippen LogP contribution in [0.4, 0.5) is 0 Å². The van der Waals surface area contributed by atoms with Gasteiger partial charge in [0.1, 0.15) is 0 Å². The van der Waals surface area contributed by atoms with E-state index in [-0.39, 0.29) is 17.9 Å². The zero-order chi connectivity index (χ0) is 21.4. The smallest absolute Gasteiger partial charge is 0.255 e. The van der Waals surface area contributed by atoms with Crippen molar-refractivity contribution in [3.8, 4) is 11.1 Å². The van der Waals surface area contributed by atoms with E-state index in [0.717, 1.165) is 59.8 Å². The molecule has 1 saturated carbocycles. The lowest BCUT2D eigenvalue weighted by molar-refractivity contribution is -0.127. The Kier molecular flexibility index (Phi) is 5.26. The van der Waals surface area contributed by atoms with Crippen LogP contribution in [0.1, 0.15) is 67.5 Å². The Labute approximate surface area is 182 Å². The highest BCUT2D eigenvalue weighted by Gasteiger charge is 2.39. The minimum atomic E-state index is -0.663. The number of carbonyl (C=O) groups is 2. The molecule has 1 atom stereocenters. The molecule has 0 bridgehead atoms. The second kappa shape index (κ2) is 8.22. The zero-order valence-electron chi connectivity index (χ0n) is 18.0. The van der Waals surface area contributed by atoms with Gasteiger partial charge in [0.2, 0.25) is 5.91 Å². The van der Waals surface area contributed by atoms with Crippen molar-refractivity contribution in [3.63, 3.8) is 0 Å². The molecule has 2 aromatic carbocycles. The van der Waals surface area contributed by atoms with E-state index in [0.29, 0.717) is 12.1 Å². The van der Waals surface area contributed by atoms with Crippen LogP contribution in [0.25, 0.3) is 22.0 Å². The molecule has 2 aliphatic rings. The number of carbonyl (C=O) groups excluding carboxylic acids is 2. The normalized spacial score (nSPS) is 19.1. The molecule has 1 fully saturated rings. The van der Waals surface area contributed by atoms with E-state index in [9.17, 15) is 9.59 Å². The molecule has 2 amide bonds. The van der Waals surface area contributed by atoms with Gasteiger partial charge in [-0.2, -0.15) is 0 Å². The predicted molar refractivity (Wildman–Crippen MR) is 123 cm³/mol. The first-order valence-corrected chi connectivity index (χ1v) is 11.5. The lowest BCUT2D eigenvalue weighted by atomic mass is 9.94. The fourth-order valence-corrected chi connectivity index (χ4v) is 5.24. The van der Waals surface area contributed by atoms with Crippen LogP contribution in [-0.2, 0) is 4.79 Å². The second-order valence-electron chi connectivity index (χ2n) is 8.75. The highest BCUT2D eigenvalue weighted by molar-refractivity contribution is 6.10. The van der Waals surface area contributed by atoms with Gasteiger partial charge in [0.05, 0.1) is 5.69 Å². The van der Waals surface area contributed by atoms with Crippen molar-refractivity contribution >= 4 is 22.7 Å². The van der Waals surface area contributed by atoms with E-state index in [1.54, 1.807) is 4.90 Å². The van der Waals surface area contributed by atoms with Crippen LogP contribution in [0.5, 0.6) is 0 Å². The molecular weight excluding hydrogens is 386 g/mol. The minimum absolute atomic E-state index is 0.0741. The molecule has 0 saturated heterocycles. The van der Waals surface area contributed by atoms with Gasteiger partial charge in [-0.05, 0) is 37.0 Å². The lowest BCUT2D eigenvalue weighted by Gasteiger charge is -2.31. The van der Waals surface area contributed by atoms with Gasteiger partial charge in [-0.25, -0.2) is 0 Å². The van der Waals surface area contributed by atoms with E-state index >= 15 is 0 Å². The predicted octanol–water partition coefficient (Wildman–Crippen LogP) is 5.19. The van der Waals surface area contributed by atoms with Gasteiger partial charge in [-0.3, -0.25) is 9.59 Å². The van der Waals surface area contributed by atoms with E-state index in [1.807, 2.05) is 49.4 Å². The van der Waals surface area contributed by atoms with Crippen LogP contribution in [0.2, 0.25) is 0 Å². The van der Waals surface area contributed by atoms with Gasteiger partial charge in [-0.15, -0.1) is 0 Å². The molecule has 1 aliphatic carbocycles. The number of hydrogen-bond donors (Lipinski definition) is 2. The number of H-pyrrole nitrogens is 1. The van der Waals surface area contributed by atoms with Crippen molar-refractivity contribution in [2.75, 3.05) is 6.54 Å². The number of benzene rings is 2. The van der Waals surface area contributed by atoms with Gasteiger partial charge >= 0.3 is 0 Å². The van der Waals surface area contributed by atoms with Gasteiger partial charge in [0.15, 0.2) is 6.04 Å². The van der Waals surface area contributed by atoms with E-state index in [2.05, 4.69) is 16.4 Å². The van der Waals surface area contributed by atoms with Gasteiger partial charge < -0.3 is 15.2 Å². The van der Waals surface area contributed by atoms with E-state index in [4.69, 9.17) is 0 Å². The summed E-state index contributed by atoms with van der Waals surface area (Å²) in [5.74, 6) is -0.149. The van der Waals surface area contributed by atoms with Crippen molar-refractivity contribution in [2.24, 2.45) is 0 Å². The standard InChI is InChI=1S/C26H29N3O2/c1-2-16-29-24(25(30)27-17-10-4-3-5-11-17)23-22(20-14-8-9-15-21(20)28-23)18-12-6-7-13-19(18)26(29)31/h6-9,12-15,17,24,28H,2-5,10-11,16H2,1H3,(H,27,30). The molecular formula is C26H29N3O2. The van der Waals surface area contributed by atoms with Gasteiger partial charge in [0.25, 0.3) is 5.91 Å². The summed E-state index contributed by atoms with van der Waals surface area (Å²) in [6, 6.07) is 15.4. The molecule has 5 heteroatoms. The summed E-state index contributed by atoms with van der Waals surface area (Å²) in [5.41, 5.74) is 4.34. The molecule has 160 valence electrons. The number of aromatic nitrogens is 1. The number of para-hydroxylation sites is 1. The summed E-state index contributed by atoms with van der Waals surface area (Å²) in [6.07, 6.45) is 6.35. The zero-order valence-corrected chi connectivity index (χ0v) is 18.0. The monoisotopic (exact) mass is 415 g/mol. The van der Waals surface area contributed by atoms with Crippen LogP contribution in [-0.4, -0.2) is 34.3 Å². The van der Waals surface area contributed by atoms with Crippen LogP contribution in [0, 0.1) is 0 Å². The summed E-state index contributed by atoms with van der Waals surface area (Å²) < 4.78 is 0. The maximum Gasteiger partial charge on any atom is 0.255 e. The largest absolute Gasteiger partial charge is 0.356 e. The Morgan fingerprint density at radius 1 is 1.03 bits per heavy atom. The van der Waals surface area contributed by atoms with E-state index in [1.165, 1.54) is 6.42 Å². The molecule has 1 aromatic heterocycles. The lowest BCUT2D eigenvalue weighted by Crippen LogP contribution is -2.47. The molecule has 0 spiro atoms. The first-order chi connectivity index (χ1) is 15.2.